The number of rotatable bonds is 7. The lowest BCUT2D eigenvalue weighted by Gasteiger charge is -2.24. The molecule has 1 aliphatic heterocycles. The Morgan fingerprint density at radius 3 is 2.56 bits per heavy atom. The Kier molecular flexibility index (Phi) is 6.28. The maximum atomic E-state index is 12.8. The number of hydrogen-bond donors (Lipinski definition) is 2. The number of hydrogen-bond acceptors (Lipinski definition) is 5. The third-order valence-electron chi connectivity index (χ3n) is 6.36. The van der Waals surface area contributed by atoms with Crippen LogP contribution in [0.5, 0.6) is 0 Å². The number of aromatic amines is 1. The van der Waals surface area contributed by atoms with Gasteiger partial charge in [-0.1, -0.05) is 50.2 Å². The second kappa shape index (κ2) is 9.17. The van der Waals surface area contributed by atoms with E-state index in [1.165, 1.54) is 6.92 Å². The summed E-state index contributed by atoms with van der Waals surface area (Å²) in [5, 5.41) is 3.62. The van der Waals surface area contributed by atoms with Crippen LogP contribution >= 0.6 is 0 Å². The molecule has 1 aromatic heterocycles. The number of ketones is 1. The van der Waals surface area contributed by atoms with E-state index in [0.29, 0.717) is 0 Å². The van der Waals surface area contributed by atoms with E-state index in [-0.39, 0.29) is 23.5 Å². The molecule has 2 aromatic carbocycles. The molecule has 0 spiro atoms. The average molecular weight is 460 g/mol. The number of benzene rings is 2. The lowest BCUT2D eigenvalue weighted by Crippen LogP contribution is -2.42. The smallest absolute Gasteiger partial charge is 0.329 e. The van der Waals surface area contributed by atoms with Gasteiger partial charge < -0.3 is 19.9 Å². The van der Waals surface area contributed by atoms with Crippen molar-refractivity contribution in [3.63, 3.8) is 0 Å². The molecule has 7 heteroatoms. The number of carbonyl (C=O) groups excluding carboxylic acids is 3. The second-order valence-corrected chi connectivity index (χ2v) is 9.12. The third kappa shape index (κ3) is 4.46. The van der Waals surface area contributed by atoms with Crippen molar-refractivity contribution in [1.82, 2.24) is 10.3 Å². The van der Waals surface area contributed by atoms with Crippen LogP contribution in [0, 0.1) is 0 Å². The number of para-hydroxylation sites is 2. The van der Waals surface area contributed by atoms with Gasteiger partial charge in [-0.05, 0) is 23.3 Å². The fourth-order valence-corrected chi connectivity index (χ4v) is 4.65. The molecule has 2 heterocycles. The highest BCUT2D eigenvalue weighted by Gasteiger charge is 2.38. The minimum Gasteiger partial charge on any atom is -0.456 e. The summed E-state index contributed by atoms with van der Waals surface area (Å²) in [6, 6.07) is 14.9. The van der Waals surface area contributed by atoms with Crippen molar-refractivity contribution < 1.29 is 19.1 Å². The van der Waals surface area contributed by atoms with Crippen molar-refractivity contribution in [2.24, 2.45) is 0 Å². The summed E-state index contributed by atoms with van der Waals surface area (Å²) in [5.41, 5.74) is 4.50. The lowest BCUT2D eigenvalue weighted by molar-refractivity contribution is -0.150. The maximum absolute atomic E-state index is 12.8. The molecule has 0 fully saturated rings. The normalized spacial score (nSPS) is 16.4. The largest absolute Gasteiger partial charge is 0.456 e. The van der Waals surface area contributed by atoms with Crippen LogP contribution < -0.4 is 10.2 Å². The number of anilines is 1. The van der Waals surface area contributed by atoms with Crippen molar-refractivity contribution in [2.45, 2.75) is 38.6 Å². The number of esters is 1. The van der Waals surface area contributed by atoms with Crippen molar-refractivity contribution in [3.05, 3.63) is 77.6 Å². The summed E-state index contributed by atoms with van der Waals surface area (Å²) < 4.78 is 5.34. The fourth-order valence-electron chi connectivity index (χ4n) is 4.65. The molecule has 0 saturated heterocycles. The number of allylic oxidation sites excluding steroid dienone is 1. The predicted molar refractivity (Wildman–Crippen MR) is 132 cm³/mol. The molecular formula is C27H29N3O4. The first-order chi connectivity index (χ1) is 16.2. The number of amides is 1. The van der Waals surface area contributed by atoms with Crippen LogP contribution in [-0.2, 0) is 31.0 Å². The number of fused-ring (bicyclic) bond motifs is 2. The summed E-state index contributed by atoms with van der Waals surface area (Å²) in [6.45, 7) is 5.08. The van der Waals surface area contributed by atoms with E-state index in [1.807, 2.05) is 60.6 Å². The number of H-pyrrole nitrogens is 1. The summed E-state index contributed by atoms with van der Waals surface area (Å²) in [5.74, 6) is -1.30. The van der Waals surface area contributed by atoms with Gasteiger partial charge in [-0.15, -0.1) is 0 Å². The van der Waals surface area contributed by atoms with Crippen LogP contribution in [-0.4, -0.2) is 42.3 Å². The van der Waals surface area contributed by atoms with Crippen molar-refractivity contribution >= 4 is 34.3 Å². The number of likely N-dealkylation sites (N-methyl/N-ethyl adjacent to an activating group) is 1. The van der Waals surface area contributed by atoms with Crippen LogP contribution in [0.15, 0.2) is 66.5 Å². The van der Waals surface area contributed by atoms with E-state index >= 15 is 0 Å². The van der Waals surface area contributed by atoms with Crippen LogP contribution in [0.4, 0.5) is 5.69 Å². The lowest BCUT2D eigenvalue weighted by atomic mass is 9.83. The van der Waals surface area contributed by atoms with Gasteiger partial charge in [-0.2, -0.15) is 0 Å². The number of carbonyl (C=O) groups is 3. The van der Waals surface area contributed by atoms with Crippen molar-refractivity contribution in [3.8, 4) is 0 Å². The molecule has 3 aromatic rings. The molecule has 2 N–H and O–H groups in total. The molecule has 1 amide bonds. The highest BCUT2D eigenvalue weighted by Crippen LogP contribution is 2.46. The topological polar surface area (TPSA) is 91.5 Å². The fraction of sp³-hybridized carbons (Fsp3) is 0.296. The van der Waals surface area contributed by atoms with E-state index in [9.17, 15) is 14.4 Å². The minimum absolute atomic E-state index is 0.253. The summed E-state index contributed by atoms with van der Waals surface area (Å²) in [7, 11) is 1.92. The van der Waals surface area contributed by atoms with Gasteiger partial charge >= 0.3 is 5.97 Å². The molecule has 4 rings (SSSR count). The van der Waals surface area contributed by atoms with Crippen LogP contribution in [0.2, 0.25) is 0 Å². The van der Waals surface area contributed by atoms with Gasteiger partial charge in [0.05, 0.1) is 0 Å². The zero-order valence-electron chi connectivity index (χ0n) is 19.8. The molecule has 176 valence electrons. The van der Waals surface area contributed by atoms with Crippen LogP contribution in [0.1, 0.15) is 31.9 Å². The minimum atomic E-state index is -0.896. The quantitative estimate of drug-likeness (QED) is 0.416. The van der Waals surface area contributed by atoms with Gasteiger partial charge in [-0.25, -0.2) is 4.79 Å². The first kappa shape index (κ1) is 23.3. The second-order valence-electron chi connectivity index (χ2n) is 9.12. The van der Waals surface area contributed by atoms with Gasteiger partial charge in [0.2, 0.25) is 5.91 Å². The van der Waals surface area contributed by atoms with E-state index in [1.54, 1.807) is 6.08 Å². The highest BCUT2D eigenvalue weighted by atomic mass is 16.5. The molecule has 1 atom stereocenters. The SMILES string of the molecule is CC(=O)N[C@H](Cc1c[nH]c2ccccc12)C(=O)OCC(=O)/C=C1\N(C)c2ccccc2C1(C)C. The molecule has 0 unspecified atom stereocenters. The standard InChI is InChI=1S/C27H29N3O4/c1-17(31)29-23(13-18-15-28-22-11-7-5-9-20(18)22)26(33)34-16-19(32)14-25-27(2,3)21-10-6-8-12-24(21)30(25)4/h5-12,14-15,23,28H,13,16H2,1-4H3,(H,29,31)/b25-14-/t23-/m1/s1. The predicted octanol–water partition coefficient (Wildman–Crippen LogP) is 3.64. The molecule has 7 nitrogen and oxygen atoms in total. The molecule has 34 heavy (non-hydrogen) atoms. The van der Waals surface area contributed by atoms with E-state index in [0.717, 1.165) is 33.4 Å². The number of nitrogens with zero attached hydrogens (tertiary/aromatic N) is 1. The highest BCUT2D eigenvalue weighted by molar-refractivity contribution is 5.95. The molecule has 1 aliphatic rings. The third-order valence-corrected chi connectivity index (χ3v) is 6.36. The van der Waals surface area contributed by atoms with E-state index in [4.69, 9.17) is 4.74 Å². The average Bonchev–Trinajstić information content (AvgIpc) is 3.29. The zero-order chi connectivity index (χ0) is 24.5. The Labute approximate surface area is 198 Å². The number of ether oxygens (including phenoxy) is 1. The summed E-state index contributed by atoms with van der Waals surface area (Å²) in [6.07, 6.45) is 3.61. The van der Waals surface area contributed by atoms with Crippen LogP contribution in [0.25, 0.3) is 10.9 Å². The van der Waals surface area contributed by atoms with E-state index < -0.39 is 18.6 Å². The Bertz CT molecular complexity index is 1290. The first-order valence-corrected chi connectivity index (χ1v) is 11.3. The van der Waals surface area contributed by atoms with Crippen molar-refractivity contribution in [1.29, 1.82) is 0 Å². The molecule has 0 saturated carbocycles. The van der Waals surface area contributed by atoms with Gasteiger partial charge in [0.15, 0.2) is 12.4 Å². The van der Waals surface area contributed by atoms with Gasteiger partial charge in [-0.3, -0.25) is 9.59 Å². The molecule has 0 radical (unpaired) electrons. The van der Waals surface area contributed by atoms with Gasteiger partial charge in [0, 0.05) is 60.4 Å². The first-order valence-electron chi connectivity index (χ1n) is 11.3. The number of aromatic nitrogens is 1. The Morgan fingerprint density at radius 1 is 1.12 bits per heavy atom. The van der Waals surface area contributed by atoms with E-state index in [2.05, 4.69) is 30.2 Å². The zero-order valence-corrected chi connectivity index (χ0v) is 19.8. The van der Waals surface area contributed by atoms with Crippen LogP contribution in [0.3, 0.4) is 0 Å². The molecule has 0 bridgehead atoms. The molecular weight excluding hydrogens is 430 g/mol. The van der Waals surface area contributed by atoms with Crippen molar-refractivity contribution in [2.75, 3.05) is 18.6 Å². The van der Waals surface area contributed by atoms with Gasteiger partial charge in [0.25, 0.3) is 0 Å². The summed E-state index contributed by atoms with van der Waals surface area (Å²) >= 11 is 0. The molecule has 0 aliphatic carbocycles. The maximum Gasteiger partial charge on any atom is 0.329 e. The Morgan fingerprint density at radius 2 is 1.82 bits per heavy atom. The number of nitrogens with one attached hydrogen (secondary N) is 2. The summed E-state index contributed by atoms with van der Waals surface area (Å²) in [4.78, 5) is 42.5. The Balaban J connectivity index is 1.45. The van der Waals surface area contributed by atoms with Gasteiger partial charge in [0.1, 0.15) is 6.04 Å². The monoisotopic (exact) mass is 459 g/mol. The Hall–Kier alpha value is -3.87.